The van der Waals surface area contributed by atoms with Gasteiger partial charge in [0.2, 0.25) is 0 Å². The molecule has 2 aromatic rings. The summed E-state index contributed by atoms with van der Waals surface area (Å²) in [6.07, 6.45) is 3.08. The van der Waals surface area contributed by atoms with E-state index in [2.05, 4.69) is 58.1 Å². The number of aryl methyl sites for hydroxylation is 2. The minimum Gasteiger partial charge on any atom is -0.365 e. The molecular weight excluding hydrogens is 318 g/mol. The average Bonchev–Trinajstić information content (AvgIpc) is 2.97. The zero-order chi connectivity index (χ0) is 17.1. The Kier molecular flexibility index (Phi) is 5.48. The van der Waals surface area contributed by atoms with Crippen LogP contribution in [-0.4, -0.2) is 59.5 Å². The summed E-state index contributed by atoms with van der Waals surface area (Å²) in [7, 11) is 4.17. The second-order valence-electron chi connectivity index (χ2n) is 6.71. The highest BCUT2D eigenvalue weighted by atomic mass is 32.1. The highest BCUT2D eigenvalue weighted by Crippen LogP contribution is 2.21. The van der Waals surface area contributed by atoms with Crippen molar-refractivity contribution >= 4 is 16.5 Å². The lowest BCUT2D eigenvalue weighted by Gasteiger charge is -2.39. The second kappa shape index (κ2) is 7.59. The Hall–Kier alpha value is -1.50. The second-order valence-corrected chi connectivity index (χ2v) is 7.83. The van der Waals surface area contributed by atoms with Gasteiger partial charge in [-0.05, 0) is 45.0 Å². The van der Waals surface area contributed by atoms with E-state index in [4.69, 9.17) is 0 Å². The van der Waals surface area contributed by atoms with Gasteiger partial charge in [0, 0.05) is 61.7 Å². The summed E-state index contributed by atoms with van der Waals surface area (Å²) in [5.41, 5.74) is 3.63. The van der Waals surface area contributed by atoms with E-state index in [1.807, 2.05) is 13.2 Å². The highest BCUT2D eigenvalue weighted by Gasteiger charge is 2.25. The Bertz CT molecular complexity index is 664. The maximum atomic E-state index is 4.49. The minimum atomic E-state index is 0.552. The van der Waals surface area contributed by atoms with Gasteiger partial charge in [-0.1, -0.05) is 0 Å². The van der Waals surface area contributed by atoms with Crippen LogP contribution >= 0.6 is 11.3 Å². The van der Waals surface area contributed by atoms with Crippen LogP contribution < -0.4 is 5.32 Å². The summed E-state index contributed by atoms with van der Waals surface area (Å²) in [6, 6.07) is 5.00. The fourth-order valence-corrected chi connectivity index (χ4v) is 4.21. The number of anilines is 1. The molecule has 0 saturated carbocycles. The van der Waals surface area contributed by atoms with Crippen molar-refractivity contribution in [3.05, 3.63) is 40.2 Å². The third-order valence-electron chi connectivity index (χ3n) is 4.62. The predicted octanol–water partition coefficient (Wildman–Crippen LogP) is 2.56. The quantitative estimate of drug-likeness (QED) is 0.902. The fraction of sp³-hybridized carbons (Fsp3) is 0.556. The first-order chi connectivity index (χ1) is 11.5. The first-order valence-electron chi connectivity index (χ1n) is 8.52. The number of hydrogen-bond donors (Lipinski definition) is 1. The molecule has 130 valence electrons. The minimum absolute atomic E-state index is 0.552. The van der Waals surface area contributed by atoms with E-state index in [9.17, 15) is 0 Å². The van der Waals surface area contributed by atoms with Gasteiger partial charge in [0.15, 0.2) is 5.13 Å². The van der Waals surface area contributed by atoms with Gasteiger partial charge in [0.25, 0.3) is 0 Å². The molecule has 1 aliphatic heterocycles. The molecule has 6 heteroatoms. The summed E-state index contributed by atoms with van der Waals surface area (Å²) in [4.78, 5) is 15.3. The number of rotatable bonds is 5. The molecule has 0 amide bonds. The molecule has 0 aliphatic carbocycles. The average molecular weight is 346 g/mol. The van der Waals surface area contributed by atoms with Crippen molar-refractivity contribution in [3.63, 3.8) is 0 Å². The molecule has 24 heavy (non-hydrogen) atoms. The fourth-order valence-electron chi connectivity index (χ4n) is 3.40. The molecule has 2 aromatic heterocycles. The van der Waals surface area contributed by atoms with Gasteiger partial charge in [-0.2, -0.15) is 0 Å². The lowest BCUT2D eigenvalue weighted by atomic mass is 10.0. The normalized spacial score (nSPS) is 19.6. The number of aromatic nitrogens is 2. The molecule has 0 aromatic carbocycles. The van der Waals surface area contributed by atoms with Gasteiger partial charge in [-0.25, -0.2) is 4.98 Å². The van der Waals surface area contributed by atoms with Gasteiger partial charge in [0.05, 0.1) is 0 Å². The van der Waals surface area contributed by atoms with Crippen LogP contribution in [0.3, 0.4) is 0 Å². The van der Waals surface area contributed by atoms with E-state index in [1.165, 1.54) is 10.4 Å². The van der Waals surface area contributed by atoms with Gasteiger partial charge < -0.3 is 10.2 Å². The molecule has 1 N–H and O–H groups in total. The molecule has 1 atom stereocenters. The maximum Gasteiger partial charge on any atom is 0.182 e. The monoisotopic (exact) mass is 345 g/mol. The predicted molar refractivity (Wildman–Crippen MR) is 101 cm³/mol. The Balaban J connectivity index is 1.64. The van der Waals surface area contributed by atoms with E-state index in [0.717, 1.165) is 49.1 Å². The van der Waals surface area contributed by atoms with Crippen molar-refractivity contribution in [2.45, 2.75) is 32.9 Å². The molecule has 5 nitrogen and oxygen atoms in total. The summed E-state index contributed by atoms with van der Waals surface area (Å²) >= 11 is 1.75. The van der Waals surface area contributed by atoms with Crippen molar-refractivity contribution in [1.29, 1.82) is 0 Å². The van der Waals surface area contributed by atoms with Gasteiger partial charge in [-0.3, -0.25) is 9.88 Å². The Morgan fingerprint density at radius 1 is 1.25 bits per heavy atom. The van der Waals surface area contributed by atoms with E-state index < -0.39 is 0 Å². The number of hydrogen-bond acceptors (Lipinski definition) is 6. The molecule has 1 unspecified atom stereocenters. The number of thiazole rings is 1. The van der Waals surface area contributed by atoms with Crippen LogP contribution in [0.4, 0.5) is 5.13 Å². The van der Waals surface area contributed by atoms with Crippen molar-refractivity contribution < 1.29 is 0 Å². The molecule has 1 aliphatic rings. The van der Waals surface area contributed by atoms with Crippen LogP contribution in [0.25, 0.3) is 0 Å². The van der Waals surface area contributed by atoms with Gasteiger partial charge >= 0.3 is 0 Å². The molecule has 3 rings (SSSR count). The molecule has 0 bridgehead atoms. The standard InChI is InChI=1S/C18H27N5S/c1-13-7-15(8-14(2)21-13)9-16-11-23(6-5-22(16)4)12-17-10-20-18(19-3)24-17/h7-8,10,16H,5-6,9,11-12H2,1-4H3,(H,19,20). The smallest absolute Gasteiger partial charge is 0.182 e. The largest absolute Gasteiger partial charge is 0.365 e. The molecule has 3 heterocycles. The number of likely N-dealkylation sites (N-methyl/N-ethyl adjacent to an activating group) is 1. The topological polar surface area (TPSA) is 44.3 Å². The van der Waals surface area contributed by atoms with E-state index >= 15 is 0 Å². The van der Waals surface area contributed by atoms with E-state index in [1.54, 1.807) is 11.3 Å². The third-order valence-corrected chi connectivity index (χ3v) is 5.62. The van der Waals surface area contributed by atoms with Crippen molar-refractivity contribution in [2.24, 2.45) is 0 Å². The molecule has 1 fully saturated rings. The van der Waals surface area contributed by atoms with Crippen LogP contribution in [0.15, 0.2) is 18.3 Å². The third kappa shape index (κ3) is 4.32. The van der Waals surface area contributed by atoms with Gasteiger partial charge in [0.1, 0.15) is 0 Å². The molecule has 0 spiro atoms. The van der Waals surface area contributed by atoms with Crippen LogP contribution in [0.5, 0.6) is 0 Å². The maximum absolute atomic E-state index is 4.49. The lowest BCUT2D eigenvalue weighted by molar-refractivity contribution is 0.0911. The molecule has 0 radical (unpaired) electrons. The first kappa shape index (κ1) is 17.3. The summed E-state index contributed by atoms with van der Waals surface area (Å²) < 4.78 is 0. The zero-order valence-electron chi connectivity index (χ0n) is 15.0. The van der Waals surface area contributed by atoms with E-state index in [-0.39, 0.29) is 0 Å². The van der Waals surface area contributed by atoms with Crippen molar-refractivity contribution in [1.82, 2.24) is 19.8 Å². The molecule has 1 saturated heterocycles. The summed E-state index contributed by atoms with van der Waals surface area (Å²) in [5.74, 6) is 0. The first-order valence-corrected chi connectivity index (χ1v) is 9.34. The Labute approximate surface area is 148 Å². The van der Waals surface area contributed by atoms with Crippen LogP contribution in [-0.2, 0) is 13.0 Å². The number of piperazine rings is 1. The van der Waals surface area contributed by atoms with Crippen molar-refractivity contribution in [3.8, 4) is 0 Å². The van der Waals surface area contributed by atoms with Gasteiger partial charge in [-0.15, -0.1) is 11.3 Å². The number of nitrogens with zero attached hydrogens (tertiary/aromatic N) is 4. The number of pyridine rings is 1. The molecular formula is C18H27N5S. The van der Waals surface area contributed by atoms with Crippen LogP contribution in [0.2, 0.25) is 0 Å². The number of nitrogens with one attached hydrogen (secondary N) is 1. The lowest BCUT2D eigenvalue weighted by Crippen LogP contribution is -2.51. The zero-order valence-corrected chi connectivity index (χ0v) is 15.9. The van der Waals surface area contributed by atoms with Crippen molar-refractivity contribution in [2.75, 3.05) is 39.0 Å². The van der Waals surface area contributed by atoms with Crippen LogP contribution in [0.1, 0.15) is 21.8 Å². The SMILES string of the molecule is CNc1ncc(CN2CCN(C)C(Cc3cc(C)nc(C)c3)C2)s1. The Morgan fingerprint density at radius 3 is 2.67 bits per heavy atom. The highest BCUT2D eigenvalue weighted by molar-refractivity contribution is 7.15. The summed E-state index contributed by atoms with van der Waals surface area (Å²) in [5, 5.41) is 4.12. The van der Waals surface area contributed by atoms with E-state index in [0.29, 0.717) is 6.04 Å². The Morgan fingerprint density at radius 2 is 2.00 bits per heavy atom. The summed E-state index contributed by atoms with van der Waals surface area (Å²) in [6.45, 7) is 8.49. The van der Waals surface area contributed by atoms with Crippen LogP contribution in [0, 0.1) is 13.8 Å².